The number of nitrogens with zero attached hydrogens (tertiary/aromatic N) is 1. The molecule has 0 aromatic carbocycles. The molecule has 2 N–H and O–H groups in total. The molecule has 1 amide bonds. The molecule has 3 heteroatoms. The molecule has 2 fully saturated rings. The lowest BCUT2D eigenvalue weighted by Crippen LogP contribution is -2.51. The van der Waals surface area contributed by atoms with Crippen LogP contribution in [0.25, 0.3) is 0 Å². The molecule has 16 heavy (non-hydrogen) atoms. The van der Waals surface area contributed by atoms with Crippen LogP contribution >= 0.6 is 0 Å². The van der Waals surface area contributed by atoms with Gasteiger partial charge in [-0.15, -0.1) is 0 Å². The number of carbonyl (C=O) groups excluding carboxylic acids is 1. The zero-order valence-electron chi connectivity index (χ0n) is 10.5. The van der Waals surface area contributed by atoms with Gasteiger partial charge in [0.2, 0.25) is 5.91 Å². The number of hydrogen-bond acceptors (Lipinski definition) is 2. The first-order valence-corrected chi connectivity index (χ1v) is 6.75. The van der Waals surface area contributed by atoms with Crippen molar-refractivity contribution in [3.8, 4) is 0 Å². The van der Waals surface area contributed by atoms with Crippen LogP contribution in [0.3, 0.4) is 0 Å². The highest BCUT2D eigenvalue weighted by molar-refractivity contribution is 5.80. The maximum absolute atomic E-state index is 12.4. The van der Waals surface area contributed by atoms with Gasteiger partial charge in [0.05, 0.1) is 0 Å². The Morgan fingerprint density at radius 3 is 2.19 bits per heavy atom. The Labute approximate surface area is 98.4 Å². The van der Waals surface area contributed by atoms with Crippen molar-refractivity contribution in [2.45, 2.75) is 70.5 Å². The van der Waals surface area contributed by atoms with E-state index in [9.17, 15) is 4.79 Å². The third kappa shape index (κ3) is 1.97. The van der Waals surface area contributed by atoms with E-state index in [0.29, 0.717) is 24.0 Å². The molecule has 0 radical (unpaired) electrons. The van der Waals surface area contributed by atoms with Crippen molar-refractivity contribution >= 4 is 5.91 Å². The smallest absolute Gasteiger partial charge is 0.226 e. The predicted octanol–water partition coefficient (Wildman–Crippen LogP) is 1.90. The van der Waals surface area contributed by atoms with Gasteiger partial charge in [0, 0.05) is 24.0 Å². The monoisotopic (exact) mass is 224 g/mol. The molecule has 0 spiro atoms. The highest BCUT2D eigenvalue weighted by atomic mass is 16.2. The fourth-order valence-electron chi connectivity index (χ4n) is 3.43. The van der Waals surface area contributed by atoms with Gasteiger partial charge < -0.3 is 10.6 Å². The minimum Gasteiger partial charge on any atom is -0.336 e. The van der Waals surface area contributed by atoms with Crippen molar-refractivity contribution in [2.75, 3.05) is 0 Å². The van der Waals surface area contributed by atoms with Gasteiger partial charge in [0.25, 0.3) is 0 Å². The quantitative estimate of drug-likeness (QED) is 0.796. The Kier molecular flexibility index (Phi) is 3.53. The topological polar surface area (TPSA) is 46.3 Å². The summed E-state index contributed by atoms with van der Waals surface area (Å²) in [5.41, 5.74) is 6.02. The molecule has 0 aliphatic carbocycles. The Bertz CT molecular complexity index is 249. The molecule has 92 valence electrons. The van der Waals surface area contributed by atoms with Gasteiger partial charge >= 0.3 is 0 Å². The van der Waals surface area contributed by atoms with Crippen molar-refractivity contribution in [3.05, 3.63) is 0 Å². The van der Waals surface area contributed by atoms with Crippen molar-refractivity contribution < 1.29 is 4.79 Å². The van der Waals surface area contributed by atoms with E-state index in [2.05, 4.69) is 18.7 Å². The molecule has 2 rings (SSSR count). The Balaban J connectivity index is 2.07. The number of nitrogens with two attached hydrogens (primary N) is 1. The summed E-state index contributed by atoms with van der Waals surface area (Å²) < 4.78 is 0. The van der Waals surface area contributed by atoms with E-state index in [1.165, 1.54) is 12.8 Å². The second-order valence-corrected chi connectivity index (χ2v) is 5.38. The van der Waals surface area contributed by atoms with Gasteiger partial charge in [0.1, 0.15) is 0 Å². The zero-order chi connectivity index (χ0) is 11.7. The fraction of sp³-hybridized carbons (Fsp3) is 0.923. The van der Waals surface area contributed by atoms with Crippen LogP contribution in [0.1, 0.15) is 52.4 Å². The van der Waals surface area contributed by atoms with Gasteiger partial charge in [-0.2, -0.15) is 0 Å². The van der Waals surface area contributed by atoms with E-state index in [1.54, 1.807) is 0 Å². The maximum Gasteiger partial charge on any atom is 0.226 e. The summed E-state index contributed by atoms with van der Waals surface area (Å²) >= 11 is 0. The summed E-state index contributed by atoms with van der Waals surface area (Å²) in [6, 6.07) is 1.21. The lowest BCUT2D eigenvalue weighted by Gasteiger charge is -2.39. The minimum absolute atomic E-state index is 0.234. The molecule has 0 aromatic heterocycles. The van der Waals surface area contributed by atoms with Crippen LogP contribution < -0.4 is 5.73 Å². The third-order valence-corrected chi connectivity index (χ3v) is 4.36. The first kappa shape index (κ1) is 11.9. The summed E-state index contributed by atoms with van der Waals surface area (Å²) in [7, 11) is 0. The fourth-order valence-corrected chi connectivity index (χ4v) is 3.43. The Hall–Kier alpha value is -0.570. The highest BCUT2D eigenvalue weighted by Gasteiger charge is 2.43. The van der Waals surface area contributed by atoms with Gasteiger partial charge in [0.15, 0.2) is 0 Å². The van der Waals surface area contributed by atoms with Crippen molar-refractivity contribution in [1.29, 1.82) is 0 Å². The lowest BCUT2D eigenvalue weighted by atomic mass is 9.94. The van der Waals surface area contributed by atoms with Gasteiger partial charge in [-0.1, -0.05) is 13.8 Å². The molecular formula is C13H24N2O. The highest BCUT2D eigenvalue weighted by Crippen LogP contribution is 2.36. The van der Waals surface area contributed by atoms with Crippen LogP contribution in [-0.2, 0) is 4.79 Å². The van der Waals surface area contributed by atoms with Crippen LogP contribution in [0.15, 0.2) is 0 Å². The van der Waals surface area contributed by atoms with E-state index in [1.807, 2.05) is 0 Å². The molecule has 2 bridgehead atoms. The SMILES string of the molecule is CCC(CC)C(=O)N1C2CCC1CC(N)C2. The van der Waals surface area contributed by atoms with Crippen molar-refractivity contribution in [3.63, 3.8) is 0 Å². The number of fused-ring (bicyclic) bond motifs is 2. The maximum atomic E-state index is 12.4. The van der Waals surface area contributed by atoms with E-state index in [4.69, 9.17) is 5.73 Å². The summed E-state index contributed by atoms with van der Waals surface area (Å²) in [5.74, 6) is 0.627. The van der Waals surface area contributed by atoms with Gasteiger partial charge in [-0.25, -0.2) is 0 Å². The number of piperidine rings is 1. The van der Waals surface area contributed by atoms with Crippen LogP contribution in [0, 0.1) is 5.92 Å². The van der Waals surface area contributed by atoms with Crippen LogP contribution in [0.4, 0.5) is 0 Å². The standard InChI is InChI=1S/C13H24N2O/c1-3-9(4-2)13(16)15-11-5-6-12(15)8-10(14)7-11/h9-12H,3-8,14H2,1-2H3. The molecule has 0 aromatic rings. The molecule has 2 atom stereocenters. The number of carbonyl (C=O) groups is 1. The first-order valence-electron chi connectivity index (χ1n) is 6.75. The van der Waals surface area contributed by atoms with Crippen molar-refractivity contribution in [2.24, 2.45) is 11.7 Å². The number of amides is 1. The van der Waals surface area contributed by atoms with Crippen molar-refractivity contribution in [1.82, 2.24) is 4.90 Å². The molecular weight excluding hydrogens is 200 g/mol. The van der Waals surface area contributed by atoms with Gasteiger partial charge in [-0.3, -0.25) is 4.79 Å². The zero-order valence-corrected chi connectivity index (χ0v) is 10.5. The summed E-state index contributed by atoms with van der Waals surface area (Å²) in [6.45, 7) is 4.23. The molecule has 0 saturated carbocycles. The molecule has 2 heterocycles. The third-order valence-electron chi connectivity index (χ3n) is 4.36. The summed E-state index contributed by atoms with van der Waals surface area (Å²) in [6.07, 6.45) is 6.31. The van der Waals surface area contributed by atoms with E-state index in [0.717, 1.165) is 25.7 Å². The Morgan fingerprint density at radius 1 is 1.25 bits per heavy atom. The first-order chi connectivity index (χ1) is 7.67. The predicted molar refractivity (Wildman–Crippen MR) is 64.9 cm³/mol. The van der Waals surface area contributed by atoms with Crippen LogP contribution in [0.5, 0.6) is 0 Å². The normalized spacial score (nSPS) is 33.5. The average molecular weight is 224 g/mol. The Morgan fingerprint density at radius 2 is 1.75 bits per heavy atom. The molecule has 2 aliphatic rings. The largest absolute Gasteiger partial charge is 0.336 e. The summed E-state index contributed by atoms with van der Waals surface area (Å²) in [5, 5.41) is 0. The van der Waals surface area contributed by atoms with Crippen LogP contribution in [0.2, 0.25) is 0 Å². The van der Waals surface area contributed by atoms with E-state index >= 15 is 0 Å². The average Bonchev–Trinajstić information content (AvgIpc) is 2.53. The van der Waals surface area contributed by atoms with Crippen LogP contribution in [-0.4, -0.2) is 28.9 Å². The number of rotatable bonds is 3. The summed E-state index contributed by atoms with van der Waals surface area (Å²) in [4.78, 5) is 14.6. The minimum atomic E-state index is 0.234. The molecule has 2 saturated heterocycles. The van der Waals surface area contributed by atoms with Gasteiger partial charge in [-0.05, 0) is 38.5 Å². The second kappa shape index (κ2) is 4.74. The molecule has 2 aliphatic heterocycles. The van der Waals surface area contributed by atoms with E-state index < -0.39 is 0 Å². The molecule has 3 nitrogen and oxygen atoms in total. The van der Waals surface area contributed by atoms with E-state index in [-0.39, 0.29) is 5.92 Å². The lowest BCUT2D eigenvalue weighted by molar-refractivity contribution is -0.140. The molecule has 2 unspecified atom stereocenters. The second-order valence-electron chi connectivity index (χ2n) is 5.38. The number of hydrogen-bond donors (Lipinski definition) is 1.